The largest absolute Gasteiger partial charge is 0.361 e. The highest BCUT2D eigenvalue weighted by molar-refractivity contribution is 7.17. The predicted molar refractivity (Wildman–Crippen MR) is 171 cm³/mol. The van der Waals surface area contributed by atoms with Crippen LogP contribution in [0.4, 0.5) is 0 Å². The van der Waals surface area contributed by atoms with Crippen molar-refractivity contribution in [3.63, 3.8) is 0 Å². The summed E-state index contributed by atoms with van der Waals surface area (Å²) in [5.41, 5.74) is 11.7. The van der Waals surface area contributed by atoms with Crippen LogP contribution in [0.25, 0.3) is 10.1 Å². The molecule has 6 rings (SSSR count). The van der Waals surface area contributed by atoms with Crippen molar-refractivity contribution >= 4 is 33.0 Å². The van der Waals surface area contributed by atoms with E-state index in [4.69, 9.17) is 0 Å². The van der Waals surface area contributed by atoms with Gasteiger partial charge < -0.3 is 15.0 Å². The van der Waals surface area contributed by atoms with Gasteiger partial charge in [0.05, 0.1) is 11.8 Å². The first-order chi connectivity index (χ1) is 20.2. The number of aromatic amines is 3. The molecule has 3 N–H and O–H groups in total. The quantitative estimate of drug-likeness (QED) is 0.159. The zero-order chi connectivity index (χ0) is 29.7. The van der Waals surface area contributed by atoms with E-state index in [1.54, 1.807) is 25.2 Å². The van der Waals surface area contributed by atoms with Gasteiger partial charge in [0.2, 0.25) is 0 Å². The highest BCUT2D eigenvalue weighted by atomic mass is 32.1. The van der Waals surface area contributed by atoms with Gasteiger partial charge in [0, 0.05) is 50.0 Å². The van der Waals surface area contributed by atoms with Crippen molar-refractivity contribution in [3.05, 3.63) is 140 Å². The van der Waals surface area contributed by atoms with Crippen molar-refractivity contribution in [1.82, 2.24) is 15.0 Å². The topological polar surface area (TPSA) is 81.5 Å². The molecule has 0 aliphatic rings. The van der Waals surface area contributed by atoms with E-state index in [2.05, 4.69) is 81.0 Å². The number of rotatable bonds is 8. The van der Waals surface area contributed by atoms with E-state index >= 15 is 0 Å². The summed E-state index contributed by atoms with van der Waals surface area (Å²) in [6.07, 6.45) is 0. The third-order valence-electron chi connectivity index (χ3n) is 8.54. The van der Waals surface area contributed by atoms with E-state index in [0.29, 0.717) is 0 Å². The average molecular weight is 574 g/mol. The highest BCUT2D eigenvalue weighted by Crippen LogP contribution is 2.42. The fourth-order valence-corrected chi connectivity index (χ4v) is 7.78. The first-order valence-corrected chi connectivity index (χ1v) is 15.1. The molecule has 2 unspecified atom stereocenters. The minimum atomic E-state index is -0.127. The lowest BCUT2D eigenvalue weighted by Gasteiger charge is -2.19. The van der Waals surface area contributed by atoms with Gasteiger partial charge >= 0.3 is 0 Å². The van der Waals surface area contributed by atoms with Crippen molar-refractivity contribution in [3.8, 4) is 0 Å². The van der Waals surface area contributed by atoms with Crippen molar-refractivity contribution in [1.29, 1.82) is 0 Å². The summed E-state index contributed by atoms with van der Waals surface area (Å²) in [7, 11) is 0. The van der Waals surface area contributed by atoms with Crippen molar-refractivity contribution in [2.24, 2.45) is 0 Å². The molecule has 6 aromatic rings. The number of H-pyrrole nitrogens is 3. The van der Waals surface area contributed by atoms with Crippen LogP contribution < -0.4 is 0 Å². The average Bonchev–Trinajstić information content (AvgIpc) is 3.72. The Morgan fingerprint density at radius 2 is 1.17 bits per heavy atom. The number of hydrogen-bond acceptors (Lipinski definition) is 3. The summed E-state index contributed by atoms with van der Waals surface area (Å²) in [5, 5.41) is 3.45. The summed E-state index contributed by atoms with van der Waals surface area (Å²) in [6, 6.07) is 23.2. The number of carbonyl (C=O) groups excluding carboxylic acids is 2. The molecule has 4 aromatic heterocycles. The molecular weight excluding hydrogens is 538 g/mol. The standard InChI is InChI=1S/C36H35N3O2S/c1-19-31(23(5)40)21(3)37-35(19)33(25-12-8-7-9-13-25)28-16-17-29(39-28)34(27-18-42-30-15-11-10-14-26(27)30)36-20(2)32(24(6)41)22(4)38-36/h7-18,33-34,37-39H,1-6H3. The van der Waals surface area contributed by atoms with Gasteiger partial charge in [-0.2, -0.15) is 0 Å². The Morgan fingerprint density at radius 1 is 0.643 bits per heavy atom. The fraction of sp³-hybridized carbons (Fsp3) is 0.222. The van der Waals surface area contributed by atoms with Crippen LogP contribution in [0.1, 0.15) is 103 Å². The van der Waals surface area contributed by atoms with Crippen LogP contribution in [-0.2, 0) is 0 Å². The summed E-state index contributed by atoms with van der Waals surface area (Å²) < 4.78 is 1.23. The normalized spacial score (nSPS) is 13.0. The van der Waals surface area contributed by atoms with E-state index in [1.807, 2.05) is 33.8 Å². The second-order valence-electron chi connectivity index (χ2n) is 11.3. The number of aryl methyl sites for hydroxylation is 2. The Hall–Kier alpha value is -4.42. The van der Waals surface area contributed by atoms with E-state index in [1.165, 1.54) is 15.6 Å². The second kappa shape index (κ2) is 10.8. The number of nitrogens with one attached hydrogen (secondary N) is 3. The molecule has 0 saturated heterocycles. The molecule has 0 aliphatic heterocycles. The van der Waals surface area contributed by atoms with Crippen LogP contribution >= 0.6 is 11.3 Å². The minimum Gasteiger partial charge on any atom is -0.361 e. The Kier molecular flexibility index (Phi) is 7.11. The Morgan fingerprint density at radius 3 is 1.74 bits per heavy atom. The highest BCUT2D eigenvalue weighted by Gasteiger charge is 2.30. The van der Waals surface area contributed by atoms with Gasteiger partial charge in [0.25, 0.3) is 0 Å². The summed E-state index contributed by atoms with van der Waals surface area (Å²) in [6.45, 7) is 11.3. The molecule has 212 valence electrons. The molecule has 0 saturated carbocycles. The number of benzene rings is 2. The van der Waals surface area contributed by atoms with Crippen LogP contribution in [0.2, 0.25) is 0 Å². The maximum Gasteiger partial charge on any atom is 0.161 e. The number of ketones is 2. The Balaban J connectivity index is 1.56. The zero-order valence-corrected chi connectivity index (χ0v) is 25.6. The molecule has 4 heterocycles. The SMILES string of the molecule is CC(=O)c1c(C)[nH]c(C(c2ccccc2)c2ccc(C(c3[nH]c(C)c(C(C)=O)c3C)c3csc4ccccc34)[nH]2)c1C. The van der Waals surface area contributed by atoms with E-state index in [0.717, 1.165) is 62.0 Å². The van der Waals surface area contributed by atoms with Crippen LogP contribution in [0, 0.1) is 27.7 Å². The van der Waals surface area contributed by atoms with E-state index in [9.17, 15) is 9.59 Å². The minimum absolute atomic E-state index is 0.0646. The van der Waals surface area contributed by atoms with Crippen molar-refractivity contribution < 1.29 is 9.59 Å². The van der Waals surface area contributed by atoms with Gasteiger partial charge in [-0.3, -0.25) is 9.59 Å². The van der Waals surface area contributed by atoms with Crippen molar-refractivity contribution in [2.45, 2.75) is 53.4 Å². The molecule has 0 fully saturated rings. The maximum atomic E-state index is 12.6. The first kappa shape index (κ1) is 27.7. The first-order valence-electron chi connectivity index (χ1n) is 14.3. The molecule has 2 aromatic carbocycles. The smallest absolute Gasteiger partial charge is 0.161 e. The molecular formula is C36H35N3O2S. The molecule has 0 radical (unpaired) electrons. The summed E-state index contributed by atoms with van der Waals surface area (Å²) >= 11 is 1.74. The maximum absolute atomic E-state index is 12.6. The fourth-order valence-electron chi connectivity index (χ4n) is 6.80. The van der Waals surface area contributed by atoms with Crippen molar-refractivity contribution in [2.75, 3.05) is 0 Å². The number of fused-ring (bicyclic) bond motifs is 1. The van der Waals surface area contributed by atoms with E-state index in [-0.39, 0.29) is 23.4 Å². The van der Waals surface area contributed by atoms with E-state index < -0.39 is 0 Å². The Bertz CT molecular complexity index is 1950. The predicted octanol–water partition coefficient (Wildman–Crippen LogP) is 8.88. The number of Topliss-reactive ketones (excluding diaryl/α,β-unsaturated/α-hetero) is 2. The zero-order valence-electron chi connectivity index (χ0n) is 24.8. The lowest BCUT2D eigenvalue weighted by Crippen LogP contribution is -2.09. The molecule has 0 bridgehead atoms. The number of hydrogen-bond donors (Lipinski definition) is 3. The third kappa shape index (κ3) is 4.56. The molecule has 6 heteroatoms. The van der Waals surface area contributed by atoms with Gasteiger partial charge in [-0.1, -0.05) is 48.5 Å². The monoisotopic (exact) mass is 573 g/mol. The molecule has 2 atom stereocenters. The molecule has 5 nitrogen and oxygen atoms in total. The summed E-state index contributed by atoms with van der Waals surface area (Å²) in [5.74, 6) is -0.116. The molecule has 0 amide bonds. The van der Waals surface area contributed by atoms with Crippen LogP contribution in [0.5, 0.6) is 0 Å². The van der Waals surface area contributed by atoms with Gasteiger partial charge in [-0.05, 0) is 92.8 Å². The van der Waals surface area contributed by atoms with Crippen LogP contribution in [-0.4, -0.2) is 26.5 Å². The van der Waals surface area contributed by atoms with Gasteiger partial charge in [0.15, 0.2) is 11.6 Å². The number of thiophene rings is 1. The van der Waals surface area contributed by atoms with Crippen LogP contribution in [0.3, 0.4) is 0 Å². The van der Waals surface area contributed by atoms with Gasteiger partial charge in [-0.15, -0.1) is 11.3 Å². The Labute approximate surface area is 250 Å². The molecule has 0 aliphatic carbocycles. The number of aromatic nitrogens is 3. The van der Waals surface area contributed by atoms with Gasteiger partial charge in [-0.25, -0.2) is 0 Å². The lowest BCUT2D eigenvalue weighted by atomic mass is 9.89. The molecule has 0 spiro atoms. The lowest BCUT2D eigenvalue weighted by molar-refractivity contribution is 0.100. The third-order valence-corrected chi connectivity index (χ3v) is 9.52. The second-order valence-corrected chi connectivity index (χ2v) is 12.2. The van der Waals surface area contributed by atoms with Crippen LogP contribution in [0.15, 0.2) is 72.1 Å². The summed E-state index contributed by atoms with van der Waals surface area (Å²) in [4.78, 5) is 36.2. The molecule has 42 heavy (non-hydrogen) atoms. The number of carbonyl (C=O) groups is 2. The van der Waals surface area contributed by atoms with Gasteiger partial charge in [0.1, 0.15) is 0 Å².